The van der Waals surface area contributed by atoms with Crippen molar-refractivity contribution in [3.63, 3.8) is 0 Å². The summed E-state index contributed by atoms with van der Waals surface area (Å²) < 4.78 is 17.1. The van der Waals surface area contributed by atoms with E-state index in [-0.39, 0.29) is 5.91 Å². The van der Waals surface area contributed by atoms with Crippen LogP contribution in [0.2, 0.25) is 0 Å². The summed E-state index contributed by atoms with van der Waals surface area (Å²) in [7, 11) is 0. The quantitative estimate of drug-likeness (QED) is 0.445. The van der Waals surface area contributed by atoms with E-state index < -0.39 is 0 Å². The van der Waals surface area contributed by atoms with Crippen LogP contribution in [0.25, 0.3) is 11.3 Å². The highest BCUT2D eigenvalue weighted by molar-refractivity contribution is 7.14. The summed E-state index contributed by atoms with van der Waals surface area (Å²) >= 11 is 1.36. The molecule has 5 rings (SSSR count). The van der Waals surface area contributed by atoms with Crippen molar-refractivity contribution in [3.8, 4) is 34.3 Å². The predicted octanol–water partition coefficient (Wildman–Crippen LogP) is 5.63. The maximum Gasteiger partial charge on any atom is 0.261 e. The van der Waals surface area contributed by atoms with E-state index in [1.807, 2.05) is 60.0 Å². The van der Waals surface area contributed by atoms with Crippen LogP contribution in [0.4, 0.5) is 5.13 Å². The zero-order valence-electron chi connectivity index (χ0n) is 16.4. The number of aromatic nitrogens is 1. The molecule has 0 spiro atoms. The molecule has 0 unspecified atom stereocenters. The first-order valence-corrected chi connectivity index (χ1v) is 10.6. The van der Waals surface area contributed by atoms with Crippen LogP contribution < -0.4 is 19.5 Å². The van der Waals surface area contributed by atoms with Gasteiger partial charge in [0.1, 0.15) is 24.7 Å². The van der Waals surface area contributed by atoms with Crippen molar-refractivity contribution in [2.24, 2.45) is 0 Å². The minimum atomic E-state index is -0.283. The number of thiazole rings is 1. The van der Waals surface area contributed by atoms with Crippen molar-refractivity contribution in [1.29, 1.82) is 0 Å². The number of amides is 1. The lowest BCUT2D eigenvalue weighted by Crippen LogP contribution is -2.15. The zero-order chi connectivity index (χ0) is 21.0. The molecular weight excluding hydrogens is 412 g/mol. The number of hydrogen-bond donors (Lipinski definition) is 1. The van der Waals surface area contributed by atoms with Gasteiger partial charge in [0.05, 0.1) is 11.3 Å². The molecule has 1 aliphatic heterocycles. The van der Waals surface area contributed by atoms with Gasteiger partial charge in [0.15, 0.2) is 16.6 Å². The molecule has 0 fully saturated rings. The topological polar surface area (TPSA) is 69.7 Å². The largest absolute Gasteiger partial charge is 0.486 e. The minimum absolute atomic E-state index is 0.283. The van der Waals surface area contributed by atoms with Gasteiger partial charge in [-0.15, -0.1) is 11.3 Å². The fraction of sp³-hybridized carbons (Fsp3) is 0.0833. The van der Waals surface area contributed by atoms with Gasteiger partial charge in [0, 0.05) is 10.9 Å². The fourth-order valence-corrected chi connectivity index (χ4v) is 3.90. The zero-order valence-corrected chi connectivity index (χ0v) is 17.2. The normalized spacial score (nSPS) is 12.3. The second-order valence-corrected chi connectivity index (χ2v) is 7.62. The molecule has 0 saturated carbocycles. The van der Waals surface area contributed by atoms with Gasteiger partial charge in [0.2, 0.25) is 0 Å². The Labute approximate surface area is 183 Å². The Hall–Kier alpha value is -3.84. The highest BCUT2D eigenvalue weighted by atomic mass is 32.1. The van der Waals surface area contributed by atoms with E-state index in [0.717, 1.165) is 17.0 Å². The molecule has 0 atom stereocenters. The third kappa shape index (κ3) is 4.22. The number of ether oxygens (including phenoxy) is 3. The number of hydrogen-bond acceptors (Lipinski definition) is 6. The SMILES string of the molecule is O=C(Nc1nc(-c2ccc3c(c2)OCCO3)cs1)c1ccccc1Oc1ccccc1. The lowest BCUT2D eigenvalue weighted by molar-refractivity contribution is 0.102. The van der Waals surface area contributed by atoms with Crippen LogP contribution >= 0.6 is 11.3 Å². The van der Waals surface area contributed by atoms with E-state index in [1.54, 1.807) is 18.2 Å². The van der Waals surface area contributed by atoms with Gasteiger partial charge >= 0.3 is 0 Å². The molecule has 31 heavy (non-hydrogen) atoms. The smallest absolute Gasteiger partial charge is 0.261 e. The van der Waals surface area contributed by atoms with E-state index in [2.05, 4.69) is 10.3 Å². The average Bonchev–Trinajstić information content (AvgIpc) is 3.28. The number of nitrogens with one attached hydrogen (secondary N) is 1. The lowest BCUT2D eigenvalue weighted by Gasteiger charge is -2.18. The number of fused-ring (bicyclic) bond motifs is 1. The van der Waals surface area contributed by atoms with Crippen molar-refractivity contribution in [1.82, 2.24) is 4.98 Å². The molecule has 0 radical (unpaired) electrons. The summed E-state index contributed by atoms with van der Waals surface area (Å²) in [5.74, 6) is 2.30. The van der Waals surface area contributed by atoms with Gasteiger partial charge < -0.3 is 14.2 Å². The van der Waals surface area contributed by atoms with Crippen LogP contribution in [0.15, 0.2) is 78.2 Å². The number of anilines is 1. The molecule has 6 nitrogen and oxygen atoms in total. The molecule has 4 aromatic rings. The lowest BCUT2D eigenvalue weighted by atomic mass is 10.1. The van der Waals surface area contributed by atoms with Crippen molar-refractivity contribution in [2.75, 3.05) is 18.5 Å². The van der Waals surface area contributed by atoms with Crippen LogP contribution in [0.3, 0.4) is 0 Å². The van der Waals surface area contributed by atoms with Gasteiger partial charge in [-0.25, -0.2) is 4.98 Å². The van der Waals surface area contributed by atoms with E-state index in [4.69, 9.17) is 14.2 Å². The molecule has 1 N–H and O–H groups in total. The number of benzene rings is 3. The monoisotopic (exact) mass is 430 g/mol. The highest BCUT2D eigenvalue weighted by Crippen LogP contribution is 2.35. The Kier molecular flexibility index (Phi) is 5.24. The summed E-state index contributed by atoms with van der Waals surface area (Å²) in [6, 6.07) is 22.2. The van der Waals surface area contributed by atoms with Gasteiger partial charge in [-0.1, -0.05) is 30.3 Å². The summed E-state index contributed by atoms with van der Waals surface area (Å²) in [4.78, 5) is 17.5. The number of rotatable bonds is 5. The number of carbonyl (C=O) groups is 1. The molecule has 154 valence electrons. The molecule has 3 aromatic carbocycles. The Morgan fingerprint density at radius 2 is 1.71 bits per heavy atom. The minimum Gasteiger partial charge on any atom is -0.486 e. The third-order valence-corrected chi connectivity index (χ3v) is 5.42. The second kappa shape index (κ2) is 8.49. The van der Waals surface area contributed by atoms with Crippen LogP contribution in [0, 0.1) is 0 Å². The van der Waals surface area contributed by atoms with Crippen molar-refractivity contribution >= 4 is 22.4 Å². The molecule has 1 aromatic heterocycles. The first-order valence-electron chi connectivity index (χ1n) is 9.75. The Morgan fingerprint density at radius 1 is 0.935 bits per heavy atom. The molecule has 2 heterocycles. The van der Waals surface area contributed by atoms with E-state index in [1.165, 1.54) is 11.3 Å². The number of para-hydroxylation sites is 2. The summed E-state index contributed by atoms with van der Waals surface area (Å²) in [5.41, 5.74) is 2.09. The maximum atomic E-state index is 12.9. The van der Waals surface area contributed by atoms with E-state index >= 15 is 0 Å². The van der Waals surface area contributed by atoms with Crippen LogP contribution in [-0.4, -0.2) is 24.1 Å². The average molecular weight is 430 g/mol. The molecular formula is C24H18N2O4S. The summed E-state index contributed by atoms with van der Waals surface area (Å²) in [5, 5.41) is 5.27. The van der Waals surface area contributed by atoms with Gasteiger partial charge in [-0.2, -0.15) is 0 Å². The molecule has 0 saturated heterocycles. The predicted molar refractivity (Wildman–Crippen MR) is 119 cm³/mol. The third-order valence-electron chi connectivity index (χ3n) is 4.67. The standard InChI is InChI=1S/C24H18N2O4S/c27-23(18-8-4-5-9-20(18)30-17-6-2-1-3-7-17)26-24-25-19(15-31-24)16-10-11-21-22(14-16)29-13-12-28-21/h1-11,14-15H,12-13H2,(H,25,26,27). The van der Waals surface area contributed by atoms with Gasteiger partial charge in [0.25, 0.3) is 5.91 Å². The van der Waals surface area contributed by atoms with Gasteiger partial charge in [-0.05, 0) is 42.5 Å². The van der Waals surface area contributed by atoms with Crippen molar-refractivity contribution in [2.45, 2.75) is 0 Å². The van der Waals surface area contributed by atoms with Crippen molar-refractivity contribution in [3.05, 3.63) is 83.7 Å². The Bertz CT molecular complexity index is 1220. The highest BCUT2D eigenvalue weighted by Gasteiger charge is 2.17. The first kappa shape index (κ1) is 19.1. The number of carbonyl (C=O) groups excluding carboxylic acids is 1. The molecule has 1 amide bonds. The maximum absolute atomic E-state index is 12.9. The van der Waals surface area contributed by atoms with Crippen LogP contribution in [-0.2, 0) is 0 Å². The summed E-state index contributed by atoms with van der Waals surface area (Å²) in [6.07, 6.45) is 0. The molecule has 0 bridgehead atoms. The van der Waals surface area contributed by atoms with Crippen LogP contribution in [0.1, 0.15) is 10.4 Å². The van der Waals surface area contributed by atoms with Gasteiger partial charge in [-0.3, -0.25) is 10.1 Å². The van der Waals surface area contributed by atoms with E-state index in [9.17, 15) is 4.79 Å². The summed E-state index contributed by atoms with van der Waals surface area (Å²) in [6.45, 7) is 1.08. The van der Waals surface area contributed by atoms with E-state index in [0.29, 0.717) is 41.2 Å². The molecule has 7 heteroatoms. The van der Waals surface area contributed by atoms with Crippen molar-refractivity contribution < 1.29 is 19.0 Å². The number of nitrogens with zero attached hydrogens (tertiary/aromatic N) is 1. The van der Waals surface area contributed by atoms with Crippen LogP contribution in [0.5, 0.6) is 23.0 Å². The Balaban J connectivity index is 1.34. The Morgan fingerprint density at radius 3 is 2.58 bits per heavy atom. The first-order chi connectivity index (χ1) is 15.3. The fourth-order valence-electron chi connectivity index (χ4n) is 3.19. The molecule has 0 aliphatic carbocycles. The molecule has 1 aliphatic rings. The second-order valence-electron chi connectivity index (χ2n) is 6.76.